The lowest BCUT2D eigenvalue weighted by Crippen LogP contribution is -2.42. The summed E-state index contributed by atoms with van der Waals surface area (Å²) in [6.07, 6.45) is 0.239. The van der Waals surface area contributed by atoms with Crippen molar-refractivity contribution in [3.05, 3.63) is 52.0 Å². The van der Waals surface area contributed by atoms with E-state index in [2.05, 4.69) is 47.2 Å². The van der Waals surface area contributed by atoms with Crippen LogP contribution in [0.4, 0.5) is 10.5 Å². The van der Waals surface area contributed by atoms with E-state index in [1.54, 1.807) is 0 Å². The van der Waals surface area contributed by atoms with Crippen molar-refractivity contribution in [1.82, 2.24) is 4.90 Å². The summed E-state index contributed by atoms with van der Waals surface area (Å²) in [6, 6.07) is 11.6. The average molecular weight is 429 g/mol. The van der Waals surface area contributed by atoms with Gasteiger partial charge in [-0.2, -0.15) is 0 Å². The first-order chi connectivity index (χ1) is 12.8. The van der Waals surface area contributed by atoms with E-state index < -0.39 is 12.1 Å². The predicted molar refractivity (Wildman–Crippen MR) is 108 cm³/mol. The number of fused-ring (bicyclic) bond motifs is 3. The molecule has 2 N–H and O–H groups in total. The maximum Gasteiger partial charge on any atom is 0.407 e. The van der Waals surface area contributed by atoms with Gasteiger partial charge < -0.3 is 10.4 Å². The third-order valence-electron chi connectivity index (χ3n) is 5.71. The van der Waals surface area contributed by atoms with Gasteiger partial charge in [0.15, 0.2) is 0 Å². The number of carbonyl (C=O) groups is 2. The molecule has 1 heterocycles. The molecule has 1 fully saturated rings. The highest BCUT2D eigenvalue weighted by molar-refractivity contribution is 9.10. The summed E-state index contributed by atoms with van der Waals surface area (Å²) in [7, 11) is 0. The van der Waals surface area contributed by atoms with Gasteiger partial charge in [0.2, 0.25) is 5.91 Å². The van der Waals surface area contributed by atoms with Crippen molar-refractivity contribution in [1.29, 1.82) is 0 Å². The van der Waals surface area contributed by atoms with Crippen LogP contribution in [0.5, 0.6) is 0 Å². The largest absolute Gasteiger partial charge is 0.465 e. The van der Waals surface area contributed by atoms with Crippen molar-refractivity contribution < 1.29 is 14.7 Å². The number of nitrogens with zero attached hydrogens (tertiary/aromatic N) is 1. The molecule has 1 saturated heterocycles. The maximum atomic E-state index is 12.6. The molecule has 2 amide bonds. The average Bonchev–Trinajstić information content (AvgIpc) is 3.18. The zero-order valence-corrected chi connectivity index (χ0v) is 16.8. The molecule has 0 bridgehead atoms. The van der Waals surface area contributed by atoms with Gasteiger partial charge in [-0.3, -0.25) is 9.69 Å². The number of anilines is 1. The molecular weight excluding hydrogens is 408 g/mol. The first-order valence-corrected chi connectivity index (χ1v) is 9.83. The molecule has 2 aliphatic rings. The fourth-order valence-corrected chi connectivity index (χ4v) is 4.64. The molecule has 2 aromatic carbocycles. The summed E-state index contributed by atoms with van der Waals surface area (Å²) in [5, 5.41) is 12.2. The number of amides is 2. The smallest absolute Gasteiger partial charge is 0.407 e. The third-order valence-corrected chi connectivity index (χ3v) is 6.20. The quantitative estimate of drug-likeness (QED) is 0.718. The van der Waals surface area contributed by atoms with Gasteiger partial charge in [-0.15, -0.1) is 0 Å². The number of halogens is 1. The highest BCUT2D eigenvalue weighted by atomic mass is 79.9. The minimum Gasteiger partial charge on any atom is -0.465 e. The molecule has 0 saturated carbocycles. The minimum absolute atomic E-state index is 0.171. The van der Waals surface area contributed by atoms with Crippen molar-refractivity contribution in [2.45, 2.75) is 38.1 Å². The van der Waals surface area contributed by atoms with E-state index in [4.69, 9.17) is 0 Å². The number of hydrogen-bond donors (Lipinski definition) is 2. The van der Waals surface area contributed by atoms with Crippen LogP contribution in [0.1, 0.15) is 37.8 Å². The van der Waals surface area contributed by atoms with Crippen LogP contribution in [0.25, 0.3) is 11.1 Å². The van der Waals surface area contributed by atoms with Gasteiger partial charge in [-0.1, -0.05) is 41.9 Å². The summed E-state index contributed by atoms with van der Waals surface area (Å²) >= 11 is 3.55. The van der Waals surface area contributed by atoms with Crippen LogP contribution in [0, 0.1) is 0 Å². The van der Waals surface area contributed by atoms with Gasteiger partial charge in [0.05, 0.1) is 0 Å². The monoisotopic (exact) mass is 428 g/mol. The summed E-state index contributed by atoms with van der Waals surface area (Å²) in [4.78, 5) is 25.2. The number of carboxylic acid groups (broad SMARTS) is 1. The topological polar surface area (TPSA) is 69.6 Å². The summed E-state index contributed by atoms with van der Waals surface area (Å²) in [6.45, 7) is 4.77. The Hall–Kier alpha value is -2.34. The fourth-order valence-electron chi connectivity index (χ4n) is 4.28. The van der Waals surface area contributed by atoms with E-state index in [-0.39, 0.29) is 11.3 Å². The Labute approximate surface area is 166 Å². The van der Waals surface area contributed by atoms with Crippen molar-refractivity contribution in [2.75, 3.05) is 11.9 Å². The normalized spacial score (nSPS) is 19.5. The summed E-state index contributed by atoms with van der Waals surface area (Å²) in [5.74, 6) is -0.258. The van der Waals surface area contributed by atoms with E-state index in [1.165, 1.54) is 21.6 Å². The Balaban J connectivity index is 1.63. The van der Waals surface area contributed by atoms with E-state index in [0.717, 1.165) is 10.0 Å². The van der Waals surface area contributed by atoms with E-state index >= 15 is 0 Å². The van der Waals surface area contributed by atoms with Gasteiger partial charge in [0, 0.05) is 22.1 Å². The van der Waals surface area contributed by atoms with Crippen LogP contribution in [-0.2, 0) is 10.2 Å². The van der Waals surface area contributed by atoms with E-state index in [0.29, 0.717) is 25.1 Å². The molecule has 0 unspecified atom stereocenters. The number of likely N-dealkylation sites (tertiary alicyclic amines) is 1. The van der Waals surface area contributed by atoms with Crippen LogP contribution in [-0.4, -0.2) is 34.6 Å². The van der Waals surface area contributed by atoms with E-state index in [1.807, 2.05) is 24.3 Å². The second-order valence-corrected chi connectivity index (χ2v) is 8.61. The molecule has 1 atom stereocenters. The Bertz CT molecular complexity index is 954. The number of benzene rings is 2. The Morgan fingerprint density at radius 3 is 2.52 bits per heavy atom. The van der Waals surface area contributed by atoms with Gasteiger partial charge in [-0.25, -0.2) is 4.79 Å². The fraction of sp³-hybridized carbons (Fsp3) is 0.333. The molecule has 2 aromatic rings. The zero-order valence-electron chi connectivity index (χ0n) is 15.3. The standard InChI is InChI=1S/C21H21BrN2O3/c1-21(2)16-10-12(22)5-7-14(16)15-8-6-13(11-17(15)21)23-19(25)18-4-3-9-24(18)20(26)27/h5-8,10-11,18H,3-4,9H2,1-2H3,(H,23,25)(H,26,27)/t18-/m0/s1. The molecule has 5 nitrogen and oxygen atoms in total. The first kappa shape index (κ1) is 18.0. The van der Waals surface area contributed by atoms with Crippen LogP contribution in [0.3, 0.4) is 0 Å². The summed E-state index contributed by atoms with van der Waals surface area (Å²) in [5.41, 5.74) is 5.34. The van der Waals surface area contributed by atoms with Crippen LogP contribution in [0.15, 0.2) is 40.9 Å². The lowest BCUT2D eigenvalue weighted by molar-refractivity contribution is -0.119. The number of rotatable bonds is 2. The molecule has 4 rings (SSSR count). The minimum atomic E-state index is -1.04. The van der Waals surface area contributed by atoms with Crippen LogP contribution >= 0.6 is 15.9 Å². The van der Waals surface area contributed by atoms with Crippen LogP contribution in [0.2, 0.25) is 0 Å². The van der Waals surface area contributed by atoms with Crippen molar-refractivity contribution >= 4 is 33.6 Å². The molecule has 1 aliphatic carbocycles. The number of carbonyl (C=O) groups excluding carboxylic acids is 1. The molecule has 140 valence electrons. The second-order valence-electron chi connectivity index (χ2n) is 7.70. The second kappa shape index (κ2) is 6.37. The van der Waals surface area contributed by atoms with Crippen molar-refractivity contribution in [3.63, 3.8) is 0 Å². The SMILES string of the molecule is CC1(C)c2cc(Br)ccc2-c2ccc(NC(=O)[C@@H]3CCCN3C(=O)O)cc21. The van der Waals surface area contributed by atoms with Gasteiger partial charge in [0.25, 0.3) is 0 Å². The van der Waals surface area contributed by atoms with Gasteiger partial charge in [-0.05, 0) is 59.4 Å². The highest BCUT2D eigenvalue weighted by Crippen LogP contribution is 2.50. The van der Waals surface area contributed by atoms with Gasteiger partial charge in [0.1, 0.15) is 6.04 Å². The first-order valence-electron chi connectivity index (χ1n) is 9.04. The highest BCUT2D eigenvalue weighted by Gasteiger charge is 2.37. The molecule has 0 spiro atoms. The lowest BCUT2D eigenvalue weighted by atomic mass is 9.82. The zero-order chi connectivity index (χ0) is 19.3. The predicted octanol–water partition coefficient (Wildman–Crippen LogP) is 4.84. The number of hydrogen-bond acceptors (Lipinski definition) is 2. The molecular formula is C21H21BrN2O3. The van der Waals surface area contributed by atoms with E-state index in [9.17, 15) is 14.7 Å². The lowest BCUT2D eigenvalue weighted by Gasteiger charge is -2.23. The van der Waals surface area contributed by atoms with Crippen molar-refractivity contribution in [2.24, 2.45) is 0 Å². The Morgan fingerprint density at radius 1 is 1.15 bits per heavy atom. The third kappa shape index (κ3) is 2.92. The molecule has 27 heavy (non-hydrogen) atoms. The number of nitrogens with one attached hydrogen (secondary N) is 1. The molecule has 1 aliphatic heterocycles. The van der Waals surface area contributed by atoms with Gasteiger partial charge >= 0.3 is 6.09 Å². The Morgan fingerprint density at radius 2 is 1.81 bits per heavy atom. The molecule has 0 radical (unpaired) electrons. The maximum absolute atomic E-state index is 12.6. The van der Waals surface area contributed by atoms with Crippen molar-refractivity contribution in [3.8, 4) is 11.1 Å². The van der Waals surface area contributed by atoms with Crippen LogP contribution < -0.4 is 5.32 Å². The molecule has 0 aromatic heterocycles. The Kier molecular flexibility index (Phi) is 4.26. The molecule has 6 heteroatoms. The summed E-state index contributed by atoms with van der Waals surface area (Å²) < 4.78 is 1.05.